The zero-order valence-electron chi connectivity index (χ0n) is 17.9. The molecule has 0 radical (unpaired) electrons. The number of carboxylic acids is 1. The Labute approximate surface area is 177 Å². The van der Waals surface area contributed by atoms with Crippen LogP contribution in [0, 0.1) is 11.8 Å². The van der Waals surface area contributed by atoms with Gasteiger partial charge in [0, 0.05) is 25.3 Å². The van der Waals surface area contributed by atoms with E-state index >= 15 is 0 Å². The van der Waals surface area contributed by atoms with E-state index in [0.29, 0.717) is 18.8 Å². The molecule has 0 atom stereocenters. The molecule has 0 aliphatic heterocycles. The van der Waals surface area contributed by atoms with Gasteiger partial charge in [0.1, 0.15) is 13.6 Å². The van der Waals surface area contributed by atoms with Crippen molar-refractivity contribution in [3.05, 3.63) is 69.8 Å². The Kier molecular flexibility index (Phi) is 9.52. The average Bonchev–Trinajstić information content (AvgIpc) is 2.72. The number of carbonyl (C=O) groups is 1. The number of rotatable bonds is 10. The number of benzene rings is 2. The number of ether oxygens (including phenoxy) is 4. The van der Waals surface area contributed by atoms with Crippen LogP contribution >= 0.6 is 0 Å². The highest BCUT2D eigenvalue weighted by Crippen LogP contribution is 2.27. The van der Waals surface area contributed by atoms with Crippen LogP contribution in [-0.2, 0) is 32.2 Å². The second kappa shape index (κ2) is 12.1. The maximum atomic E-state index is 11.4. The Hall–Kier alpha value is -2.69. The maximum Gasteiger partial charge on any atom is 0.336 e. The normalized spacial score (nSPS) is 10.7. The summed E-state index contributed by atoms with van der Waals surface area (Å²) in [4.78, 5) is 11.4. The van der Waals surface area contributed by atoms with Crippen molar-refractivity contribution in [3.8, 4) is 11.8 Å². The molecule has 0 aliphatic carbocycles. The number of aromatic carboxylic acids is 1. The molecule has 6 heteroatoms. The van der Waals surface area contributed by atoms with E-state index < -0.39 is 5.97 Å². The molecule has 0 saturated carbocycles. The summed E-state index contributed by atoms with van der Waals surface area (Å²) < 4.78 is 21.2. The maximum absolute atomic E-state index is 11.4. The number of hydrogen-bond donors (Lipinski definition) is 1. The topological polar surface area (TPSA) is 74.2 Å². The van der Waals surface area contributed by atoms with E-state index in [1.54, 1.807) is 38.5 Å². The Morgan fingerprint density at radius 3 is 2.03 bits per heavy atom. The summed E-state index contributed by atoms with van der Waals surface area (Å²) in [5.74, 6) is 5.33. The summed E-state index contributed by atoms with van der Waals surface area (Å²) in [5, 5.41) is 9.36. The number of carboxylic acid groups (broad SMARTS) is 1. The molecule has 160 valence electrons. The molecule has 0 aromatic heterocycles. The van der Waals surface area contributed by atoms with Crippen LogP contribution in [0.2, 0.25) is 0 Å². The van der Waals surface area contributed by atoms with E-state index in [1.807, 2.05) is 12.1 Å². The van der Waals surface area contributed by atoms with Gasteiger partial charge >= 0.3 is 5.97 Å². The summed E-state index contributed by atoms with van der Waals surface area (Å²) in [6.07, 6.45) is 0. The molecule has 6 nitrogen and oxygen atoms in total. The van der Waals surface area contributed by atoms with Gasteiger partial charge in [0.25, 0.3) is 0 Å². The van der Waals surface area contributed by atoms with Gasteiger partial charge in [0.2, 0.25) is 0 Å². The fourth-order valence-electron chi connectivity index (χ4n) is 3.22. The molecule has 0 amide bonds. The van der Waals surface area contributed by atoms with Crippen LogP contribution in [0.15, 0.2) is 36.4 Å². The van der Waals surface area contributed by atoms with Crippen molar-refractivity contribution in [3.63, 3.8) is 0 Å². The molecule has 2 rings (SSSR count). The molecule has 0 saturated heterocycles. The lowest BCUT2D eigenvalue weighted by atomic mass is 9.90. The smallest absolute Gasteiger partial charge is 0.336 e. The predicted octanol–water partition coefficient (Wildman–Crippen LogP) is 4.15. The zero-order valence-corrected chi connectivity index (χ0v) is 17.9. The summed E-state index contributed by atoms with van der Waals surface area (Å²) in [7, 11) is 3.16. The molecular formula is C24H28O6. The average molecular weight is 412 g/mol. The van der Waals surface area contributed by atoms with Crippen LogP contribution in [0.1, 0.15) is 57.9 Å². The fourth-order valence-corrected chi connectivity index (χ4v) is 3.22. The SMILES string of the molecule is COCOCc1cc(C#Cc2ccccc2C(=O)O)cc(COCOC)c1C(C)C. The first-order valence-corrected chi connectivity index (χ1v) is 9.61. The van der Waals surface area contributed by atoms with Crippen LogP contribution in [0.5, 0.6) is 0 Å². The quantitative estimate of drug-likeness (QED) is 0.359. The van der Waals surface area contributed by atoms with Crippen molar-refractivity contribution < 1.29 is 28.8 Å². The second-order valence-electron chi connectivity index (χ2n) is 6.97. The molecule has 0 bridgehead atoms. The van der Waals surface area contributed by atoms with Gasteiger partial charge in [-0.3, -0.25) is 0 Å². The highest BCUT2D eigenvalue weighted by molar-refractivity contribution is 5.90. The van der Waals surface area contributed by atoms with E-state index in [4.69, 9.17) is 18.9 Å². The van der Waals surface area contributed by atoms with Crippen LogP contribution < -0.4 is 0 Å². The van der Waals surface area contributed by atoms with Crippen molar-refractivity contribution >= 4 is 5.97 Å². The first-order chi connectivity index (χ1) is 14.5. The fraction of sp³-hybridized carbons (Fsp3) is 0.375. The van der Waals surface area contributed by atoms with Gasteiger partial charge in [-0.2, -0.15) is 0 Å². The minimum Gasteiger partial charge on any atom is -0.478 e. The van der Waals surface area contributed by atoms with Gasteiger partial charge in [-0.15, -0.1) is 0 Å². The van der Waals surface area contributed by atoms with Gasteiger partial charge in [0.05, 0.1) is 18.8 Å². The van der Waals surface area contributed by atoms with E-state index in [0.717, 1.165) is 22.3 Å². The summed E-state index contributed by atoms with van der Waals surface area (Å²) in [5.41, 5.74) is 4.53. The number of hydrogen-bond acceptors (Lipinski definition) is 5. The third kappa shape index (κ3) is 6.68. The largest absolute Gasteiger partial charge is 0.478 e. The summed E-state index contributed by atoms with van der Waals surface area (Å²) >= 11 is 0. The molecular weight excluding hydrogens is 384 g/mol. The standard InChI is InChI=1S/C24H28O6/c1-17(2)23-20(13-29-15-27-3)11-18(12-21(23)14-30-16-28-4)9-10-19-7-5-6-8-22(19)24(25)26/h5-8,11-12,17H,13-16H2,1-4H3,(H,25,26). The van der Waals surface area contributed by atoms with Crippen molar-refractivity contribution in [2.24, 2.45) is 0 Å². The van der Waals surface area contributed by atoms with Crippen LogP contribution in [0.3, 0.4) is 0 Å². The molecule has 2 aromatic rings. The zero-order chi connectivity index (χ0) is 21.9. The van der Waals surface area contributed by atoms with Crippen LogP contribution in [0.25, 0.3) is 0 Å². The first kappa shape index (κ1) is 23.6. The minimum absolute atomic E-state index is 0.177. The molecule has 1 N–H and O–H groups in total. The molecule has 30 heavy (non-hydrogen) atoms. The van der Waals surface area contributed by atoms with E-state index in [1.165, 1.54) is 0 Å². The van der Waals surface area contributed by atoms with Gasteiger partial charge in [0.15, 0.2) is 0 Å². The molecule has 0 aliphatic rings. The lowest BCUT2D eigenvalue weighted by Gasteiger charge is -2.19. The predicted molar refractivity (Wildman–Crippen MR) is 113 cm³/mol. The highest BCUT2D eigenvalue weighted by atomic mass is 16.7. The highest BCUT2D eigenvalue weighted by Gasteiger charge is 2.15. The Balaban J connectivity index is 2.48. The van der Waals surface area contributed by atoms with Gasteiger partial charge < -0.3 is 24.1 Å². The Bertz CT molecular complexity index is 876. The third-order valence-electron chi connectivity index (χ3n) is 4.35. The van der Waals surface area contributed by atoms with E-state index in [9.17, 15) is 9.90 Å². The summed E-state index contributed by atoms with van der Waals surface area (Å²) in [6, 6.07) is 10.6. The molecule has 0 fully saturated rings. The van der Waals surface area contributed by atoms with Crippen LogP contribution in [0.4, 0.5) is 0 Å². The molecule has 0 spiro atoms. The van der Waals surface area contributed by atoms with Gasteiger partial charge in [-0.1, -0.05) is 37.8 Å². The molecule has 0 unspecified atom stereocenters. The minimum atomic E-state index is -1.00. The van der Waals surface area contributed by atoms with Crippen molar-refractivity contribution in [1.82, 2.24) is 0 Å². The van der Waals surface area contributed by atoms with Gasteiger partial charge in [-0.05, 0) is 46.9 Å². The van der Waals surface area contributed by atoms with Crippen molar-refractivity contribution in [2.75, 3.05) is 27.8 Å². The lowest BCUT2D eigenvalue weighted by Crippen LogP contribution is -2.08. The lowest BCUT2D eigenvalue weighted by molar-refractivity contribution is -0.0411. The third-order valence-corrected chi connectivity index (χ3v) is 4.35. The van der Waals surface area contributed by atoms with E-state index in [-0.39, 0.29) is 25.1 Å². The summed E-state index contributed by atoms with van der Waals surface area (Å²) in [6.45, 7) is 5.36. The van der Waals surface area contributed by atoms with Gasteiger partial charge in [-0.25, -0.2) is 4.79 Å². The monoisotopic (exact) mass is 412 g/mol. The van der Waals surface area contributed by atoms with Crippen molar-refractivity contribution in [1.29, 1.82) is 0 Å². The number of methoxy groups -OCH3 is 2. The second-order valence-corrected chi connectivity index (χ2v) is 6.97. The Morgan fingerprint density at radius 1 is 0.967 bits per heavy atom. The molecule has 0 heterocycles. The van der Waals surface area contributed by atoms with Crippen LogP contribution in [-0.4, -0.2) is 38.9 Å². The van der Waals surface area contributed by atoms with E-state index in [2.05, 4.69) is 25.7 Å². The van der Waals surface area contributed by atoms with Crippen molar-refractivity contribution in [2.45, 2.75) is 33.0 Å². The Morgan fingerprint density at radius 2 is 1.53 bits per heavy atom. The first-order valence-electron chi connectivity index (χ1n) is 9.61. The molecule has 2 aromatic carbocycles.